The fraction of sp³-hybridized carbons (Fsp3) is 0.529. The van der Waals surface area contributed by atoms with Crippen molar-refractivity contribution in [2.75, 3.05) is 61.7 Å². The van der Waals surface area contributed by atoms with E-state index in [1.54, 1.807) is 12.1 Å². The van der Waals surface area contributed by atoms with Crippen LogP contribution in [0.1, 0.15) is 53.9 Å². The Morgan fingerprint density at radius 3 is 2.45 bits per heavy atom. The van der Waals surface area contributed by atoms with Crippen LogP contribution in [0, 0.1) is 0 Å². The minimum Gasteiger partial charge on any atom is -0.493 e. The van der Waals surface area contributed by atoms with Crippen LogP contribution in [0.5, 0.6) is 11.5 Å². The maximum absolute atomic E-state index is 14.2. The molecule has 3 aromatic rings. The number of rotatable bonds is 13. The van der Waals surface area contributed by atoms with Gasteiger partial charge in [0.05, 0.1) is 36.5 Å². The van der Waals surface area contributed by atoms with Crippen molar-refractivity contribution in [3.8, 4) is 22.8 Å². The molecule has 268 valence electrons. The number of nitrogens with one attached hydrogen (secondary N) is 2. The summed E-state index contributed by atoms with van der Waals surface area (Å²) in [5.74, 6) is 0.121. The quantitative estimate of drug-likeness (QED) is 0.223. The van der Waals surface area contributed by atoms with Crippen molar-refractivity contribution in [1.82, 2.24) is 23.8 Å². The van der Waals surface area contributed by atoms with Crippen molar-refractivity contribution in [3.63, 3.8) is 0 Å². The number of carbonyl (C=O) groups is 2. The summed E-state index contributed by atoms with van der Waals surface area (Å²) in [4.78, 5) is 27.4. The van der Waals surface area contributed by atoms with Crippen LogP contribution in [0.2, 0.25) is 0 Å². The number of aromatic nitrogens is 1. The Labute approximate surface area is 287 Å². The minimum atomic E-state index is -4.31. The van der Waals surface area contributed by atoms with Gasteiger partial charge in [-0.05, 0) is 49.6 Å². The number of carboxylic acid groups (broad SMARTS) is 1. The lowest BCUT2D eigenvalue weighted by Crippen LogP contribution is -2.45. The molecule has 0 radical (unpaired) electrons. The Kier molecular flexibility index (Phi) is 11.7. The molecule has 1 aliphatic heterocycles. The molecule has 2 aromatic carbocycles. The van der Waals surface area contributed by atoms with Crippen LogP contribution >= 0.6 is 0 Å². The van der Waals surface area contributed by atoms with Crippen LogP contribution in [0.15, 0.2) is 36.4 Å². The van der Waals surface area contributed by atoms with Gasteiger partial charge in [-0.3, -0.25) is 9.69 Å². The van der Waals surface area contributed by atoms with E-state index >= 15 is 0 Å². The van der Waals surface area contributed by atoms with E-state index in [0.717, 1.165) is 58.6 Å². The van der Waals surface area contributed by atoms with Gasteiger partial charge in [0.15, 0.2) is 17.8 Å². The molecule has 2 amide bonds. The largest absolute Gasteiger partial charge is 0.493 e. The minimum absolute atomic E-state index is 0.126. The predicted octanol–water partition coefficient (Wildman–Crippen LogP) is 3.85. The van der Waals surface area contributed by atoms with Gasteiger partial charge < -0.3 is 33.9 Å². The van der Waals surface area contributed by atoms with Crippen LogP contribution in [0.3, 0.4) is 0 Å². The van der Waals surface area contributed by atoms with Crippen LogP contribution < -0.4 is 19.5 Å². The number of fused-ring (bicyclic) bond motifs is 5. The molecule has 3 N–H and O–H groups in total. The topological polar surface area (TPSA) is 161 Å². The molecule has 1 aliphatic carbocycles. The summed E-state index contributed by atoms with van der Waals surface area (Å²) in [5.41, 5.74) is 3.47. The average molecular weight is 702 g/mol. The fourth-order valence-corrected chi connectivity index (χ4v) is 7.74. The average Bonchev–Trinajstić information content (AvgIpc) is 3.39. The summed E-state index contributed by atoms with van der Waals surface area (Å²) in [6.07, 6.45) is 3.35. The molecule has 1 saturated carbocycles. The lowest BCUT2D eigenvalue weighted by atomic mass is 9.81. The number of hydrogen-bond acceptors (Lipinski definition) is 9. The van der Waals surface area contributed by atoms with E-state index in [1.807, 2.05) is 19.2 Å². The summed E-state index contributed by atoms with van der Waals surface area (Å²) in [6.45, 7) is 1.20. The highest BCUT2D eigenvalue weighted by Gasteiger charge is 2.36. The SMILES string of the molecule is COc1ccc(C(=O)NS(=O)(=O)N(C)CC(OC)OC)c2c1OC[C@H](N(C)CCNC(=O)O)Cn1c-2c(C2CCCCC2)c2ccccc21. The highest BCUT2D eigenvalue weighted by Crippen LogP contribution is 2.50. The van der Waals surface area contributed by atoms with Crippen molar-refractivity contribution in [1.29, 1.82) is 0 Å². The smallest absolute Gasteiger partial charge is 0.404 e. The molecule has 1 aromatic heterocycles. The van der Waals surface area contributed by atoms with Gasteiger partial charge >= 0.3 is 16.3 Å². The first-order valence-corrected chi connectivity index (χ1v) is 17.9. The lowest BCUT2D eigenvalue weighted by molar-refractivity contribution is -0.106. The van der Waals surface area contributed by atoms with Crippen molar-refractivity contribution in [2.24, 2.45) is 0 Å². The Hall–Kier alpha value is -3.89. The predicted molar refractivity (Wildman–Crippen MR) is 185 cm³/mol. The van der Waals surface area contributed by atoms with Crippen LogP contribution in [0.4, 0.5) is 4.79 Å². The Balaban J connectivity index is 1.69. The van der Waals surface area contributed by atoms with Crippen LogP contribution in [-0.4, -0.2) is 113 Å². The zero-order valence-electron chi connectivity index (χ0n) is 28.7. The number of carbonyl (C=O) groups excluding carboxylic acids is 1. The van der Waals surface area contributed by atoms with E-state index < -0.39 is 28.5 Å². The van der Waals surface area contributed by atoms with Crippen molar-refractivity contribution in [3.05, 3.63) is 47.5 Å². The summed E-state index contributed by atoms with van der Waals surface area (Å²) in [6, 6.07) is 11.2. The number of amides is 2. The number of para-hydroxylation sites is 1. The Bertz CT molecular complexity index is 1750. The van der Waals surface area contributed by atoms with Crippen molar-refractivity contribution < 1.29 is 42.1 Å². The van der Waals surface area contributed by atoms with Gasteiger partial charge in [0, 0.05) is 51.8 Å². The molecule has 0 unspecified atom stereocenters. The number of benzene rings is 2. The van der Waals surface area contributed by atoms with Gasteiger partial charge in [-0.1, -0.05) is 37.5 Å². The van der Waals surface area contributed by atoms with E-state index in [4.69, 9.17) is 24.1 Å². The van der Waals surface area contributed by atoms with Gasteiger partial charge in [-0.15, -0.1) is 0 Å². The molecule has 2 heterocycles. The Morgan fingerprint density at radius 1 is 1.06 bits per heavy atom. The third-order valence-corrected chi connectivity index (χ3v) is 11.0. The first-order valence-electron chi connectivity index (χ1n) is 16.5. The third-order valence-electron chi connectivity index (χ3n) is 9.59. The first kappa shape index (κ1) is 36.4. The zero-order chi connectivity index (χ0) is 35.3. The first-order chi connectivity index (χ1) is 23.5. The molecule has 0 bridgehead atoms. The summed E-state index contributed by atoms with van der Waals surface area (Å²) < 4.78 is 55.0. The molecule has 5 rings (SSSR count). The molecule has 14 nitrogen and oxygen atoms in total. The number of hydrogen-bond donors (Lipinski definition) is 3. The van der Waals surface area contributed by atoms with Gasteiger partial charge in [-0.25, -0.2) is 9.52 Å². The number of likely N-dealkylation sites (N-methyl/N-ethyl adjacent to an activating group) is 2. The van der Waals surface area contributed by atoms with E-state index in [9.17, 15) is 18.0 Å². The van der Waals surface area contributed by atoms with Crippen molar-refractivity contribution >= 4 is 33.1 Å². The van der Waals surface area contributed by atoms with Gasteiger partial charge in [0.1, 0.15) is 6.61 Å². The second kappa shape index (κ2) is 15.8. The third kappa shape index (κ3) is 7.80. The second-order valence-electron chi connectivity index (χ2n) is 12.5. The van der Waals surface area contributed by atoms with Crippen molar-refractivity contribution in [2.45, 2.75) is 56.9 Å². The van der Waals surface area contributed by atoms with E-state index in [1.165, 1.54) is 28.4 Å². The number of ether oxygens (including phenoxy) is 4. The lowest BCUT2D eigenvalue weighted by Gasteiger charge is -2.33. The summed E-state index contributed by atoms with van der Waals surface area (Å²) >= 11 is 0. The fourth-order valence-electron chi connectivity index (χ4n) is 6.92. The molecule has 49 heavy (non-hydrogen) atoms. The highest BCUT2D eigenvalue weighted by atomic mass is 32.2. The number of nitrogens with zero attached hydrogens (tertiary/aromatic N) is 3. The Morgan fingerprint density at radius 2 is 1.78 bits per heavy atom. The van der Waals surface area contributed by atoms with Gasteiger partial charge in [0.25, 0.3) is 5.91 Å². The van der Waals surface area contributed by atoms with Gasteiger partial charge in [0.2, 0.25) is 0 Å². The molecular weight excluding hydrogens is 654 g/mol. The zero-order valence-corrected chi connectivity index (χ0v) is 29.5. The maximum atomic E-state index is 14.2. The van der Waals surface area contributed by atoms with Gasteiger partial charge in [-0.2, -0.15) is 12.7 Å². The molecular formula is C34H47N5O9S. The molecule has 0 spiro atoms. The van der Waals surface area contributed by atoms with Crippen LogP contribution in [0.25, 0.3) is 22.2 Å². The molecule has 1 fully saturated rings. The normalized spacial score (nSPS) is 16.9. The molecule has 2 aliphatic rings. The summed E-state index contributed by atoms with van der Waals surface area (Å²) in [7, 11) is 3.29. The van der Waals surface area contributed by atoms with E-state index in [-0.39, 0.29) is 37.2 Å². The second-order valence-corrected chi connectivity index (χ2v) is 14.3. The van der Waals surface area contributed by atoms with E-state index in [2.05, 4.69) is 31.6 Å². The molecule has 1 atom stereocenters. The standard InChI is InChI=1S/C34H47N5O9S/c1-37(18-17-35-34(41)42)23-19-39-26-14-10-9-13-24(26)29(22-11-7-6-8-12-22)31(39)30-25(15-16-27(45-3)32(30)48-21-23)33(40)36-49(43,44)38(2)20-28(46-4)47-5/h9-10,13-16,22-23,28,35H,6-8,11-12,17-21H2,1-5H3,(H,36,40)(H,41,42)/t23-/m1/s1. The van der Waals surface area contributed by atoms with E-state index in [0.29, 0.717) is 30.2 Å². The molecule has 15 heteroatoms. The highest BCUT2D eigenvalue weighted by molar-refractivity contribution is 7.87. The van der Waals surface area contributed by atoms with Crippen LogP contribution in [-0.2, 0) is 26.2 Å². The maximum Gasteiger partial charge on any atom is 0.404 e. The summed E-state index contributed by atoms with van der Waals surface area (Å²) in [5, 5.41) is 12.6. The number of methoxy groups -OCH3 is 3. The monoisotopic (exact) mass is 701 g/mol. The molecule has 0 saturated heterocycles.